The lowest BCUT2D eigenvalue weighted by Crippen LogP contribution is -2.37. The van der Waals surface area contributed by atoms with E-state index in [0.717, 1.165) is 6.54 Å². The third-order valence-corrected chi connectivity index (χ3v) is 2.66. The van der Waals surface area contributed by atoms with Crippen molar-refractivity contribution >= 4 is 0 Å². The van der Waals surface area contributed by atoms with Crippen molar-refractivity contribution in [1.29, 1.82) is 0 Å². The highest BCUT2D eigenvalue weighted by atomic mass is 16.5. The van der Waals surface area contributed by atoms with Crippen LogP contribution in [0.2, 0.25) is 0 Å². The fourth-order valence-electron chi connectivity index (χ4n) is 1.55. The summed E-state index contributed by atoms with van der Waals surface area (Å²) in [5, 5.41) is 7.37. The van der Waals surface area contributed by atoms with Gasteiger partial charge >= 0.3 is 0 Å². The van der Waals surface area contributed by atoms with Gasteiger partial charge in [-0.3, -0.25) is 0 Å². The van der Waals surface area contributed by atoms with Crippen molar-refractivity contribution in [3.63, 3.8) is 0 Å². The molecule has 2 aromatic rings. The number of aryl methyl sites for hydroxylation is 1. The summed E-state index contributed by atoms with van der Waals surface area (Å²) in [5.74, 6) is 1.28. The van der Waals surface area contributed by atoms with Crippen molar-refractivity contribution in [2.45, 2.75) is 32.9 Å². The van der Waals surface area contributed by atoms with Gasteiger partial charge in [0.1, 0.15) is 0 Å². The summed E-state index contributed by atoms with van der Waals surface area (Å²) < 4.78 is 5.00. The lowest BCUT2D eigenvalue weighted by Gasteiger charge is -2.22. The number of aromatic nitrogens is 2. The van der Waals surface area contributed by atoms with Gasteiger partial charge in [0, 0.05) is 13.5 Å². The predicted molar refractivity (Wildman–Crippen MR) is 65.3 cm³/mol. The van der Waals surface area contributed by atoms with Gasteiger partial charge in [0.05, 0.1) is 5.54 Å². The van der Waals surface area contributed by atoms with Crippen LogP contribution < -0.4 is 5.32 Å². The molecule has 0 unspecified atom stereocenters. The van der Waals surface area contributed by atoms with Crippen LogP contribution in [0, 0.1) is 6.92 Å². The van der Waals surface area contributed by atoms with Gasteiger partial charge in [-0.2, -0.15) is 4.98 Å². The molecule has 0 radical (unpaired) electrons. The molecule has 1 aromatic heterocycles. The van der Waals surface area contributed by atoms with E-state index in [-0.39, 0.29) is 5.54 Å². The maximum absolute atomic E-state index is 5.00. The van der Waals surface area contributed by atoms with Crippen LogP contribution >= 0.6 is 0 Å². The van der Waals surface area contributed by atoms with Gasteiger partial charge in [0.2, 0.25) is 5.89 Å². The van der Waals surface area contributed by atoms with Crippen molar-refractivity contribution in [2.24, 2.45) is 0 Å². The van der Waals surface area contributed by atoms with Crippen LogP contribution in [-0.4, -0.2) is 10.1 Å². The van der Waals surface area contributed by atoms with E-state index in [4.69, 9.17) is 4.52 Å². The van der Waals surface area contributed by atoms with Gasteiger partial charge < -0.3 is 9.84 Å². The molecule has 0 aliphatic heterocycles. The number of hydrogen-bond acceptors (Lipinski definition) is 4. The molecule has 1 N–H and O–H groups in total. The Labute approximate surface area is 101 Å². The highest BCUT2D eigenvalue weighted by molar-refractivity contribution is 5.15. The average Bonchev–Trinajstić information content (AvgIpc) is 2.76. The normalized spacial score (nSPS) is 11.7. The Balaban J connectivity index is 2.03. The molecule has 0 amide bonds. The monoisotopic (exact) mass is 231 g/mol. The lowest BCUT2D eigenvalue weighted by molar-refractivity contribution is 0.337. The van der Waals surface area contributed by atoms with Crippen molar-refractivity contribution in [2.75, 3.05) is 0 Å². The molecule has 1 heterocycles. The van der Waals surface area contributed by atoms with E-state index in [1.54, 1.807) is 6.92 Å². The molecule has 0 saturated heterocycles. The average molecular weight is 231 g/mol. The molecule has 0 aliphatic rings. The molecule has 0 saturated carbocycles. The molecule has 17 heavy (non-hydrogen) atoms. The Morgan fingerprint density at radius 1 is 1.24 bits per heavy atom. The van der Waals surface area contributed by atoms with E-state index in [9.17, 15) is 0 Å². The summed E-state index contributed by atoms with van der Waals surface area (Å²) in [7, 11) is 0. The van der Waals surface area contributed by atoms with Crippen LogP contribution in [0.1, 0.15) is 31.1 Å². The topological polar surface area (TPSA) is 51.0 Å². The van der Waals surface area contributed by atoms with Gasteiger partial charge in [-0.1, -0.05) is 35.5 Å². The maximum atomic E-state index is 5.00. The van der Waals surface area contributed by atoms with Crippen molar-refractivity contribution in [3.05, 3.63) is 47.6 Å². The van der Waals surface area contributed by atoms with Crippen molar-refractivity contribution in [3.8, 4) is 0 Å². The fourth-order valence-corrected chi connectivity index (χ4v) is 1.55. The Morgan fingerprint density at radius 3 is 2.53 bits per heavy atom. The molecule has 4 nitrogen and oxygen atoms in total. The Bertz CT molecular complexity index is 476. The zero-order valence-corrected chi connectivity index (χ0v) is 10.4. The number of benzene rings is 1. The van der Waals surface area contributed by atoms with Gasteiger partial charge in [0.15, 0.2) is 5.82 Å². The van der Waals surface area contributed by atoms with E-state index in [1.807, 2.05) is 32.0 Å². The van der Waals surface area contributed by atoms with E-state index in [1.165, 1.54) is 5.56 Å². The Kier molecular flexibility index (Phi) is 3.24. The number of nitrogens with one attached hydrogen (secondary N) is 1. The number of rotatable bonds is 4. The highest BCUT2D eigenvalue weighted by Crippen LogP contribution is 2.17. The first-order valence-electron chi connectivity index (χ1n) is 5.68. The smallest absolute Gasteiger partial charge is 0.223 e. The summed E-state index contributed by atoms with van der Waals surface area (Å²) in [4.78, 5) is 4.25. The van der Waals surface area contributed by atoms with Crippen LogP contribution in [0.3, 0.4) is 0 Å². The quantitative estimate of drug-likeness (QED) is 0.877. The zero-order valence-electron chi connectivity index (χ0n) is 10.4. The van der Waals surface area contributed by atoms with Crippen molar-refractivity contribution < 1.29 is 4.52 Å². The Morgan fingerprint density at radius 2 is 1.94 bits per heavy atom. The molecular weight excluding hydrogens is 214 g/mol. The lowest BCUT2D eigenvalue weighted by atomic mass is 10.0. The second-order valence-corrected chi connectivity index (χ2v) is 4.60. The summed E-state index contributed by atoms with van der Waals surface area (Å²) in [5.41, 5.74) is 0.939. The van der Waals surface area contributed by atoms with E-state index in [2.05, 4.69) is 27.6 Å². The fraction of sp³-hybridized carbons (Fsp3) is 0.385. The second-order valence-electron chi connectivity index (χ2n) is 4.60. The molecule has 0 bridgehead atoms. The Hall–Kier alpha value is -1.68. The first kappa shape index (κ1) is 11.8. The van der Waals surface area contributed by atoms with Crippen LogP contribution in [0.5, 0.6) is 0 Å². The zero-order chi connectivity index (χ0) is 12.3. The molecular formula is C13H17N3O. The number of hydrogen-bond donors (Lipinski definition) is 1. The summed E-state index contributed by atoms with van der Waals surface area (Å²) in [6.45, 7) is 6.66. The van der Waals surface area contributed by atoms with E-state index >= 15 is 0 Å². The highest BCUT2D eigenvalue weighted by Gasteiger charge is 2.25. The summed E-state index contributed by atoms with van der Waals surface area (Å²) in [6.07, 6.45) is 0. The molecule has 1 aromatic carbocycles. The molecule has 0 atom stereocenters. The predicted octanol–water partition coefficient (Wildman–Crippen LogP) is 2.40. The largest absolute Gasteiger partial charge is 0.340 e. The second kappa shape index (κ2) is 4.67. The minimum atomic E-state index is -0.298. The molecule has 0 aliphatic carbocycles. The molecule has 0 spiro atoms. The third kappa shape index (κ3) is 2.91. The van der Waals surface area contributed by atoms with Gasteiger partial charge in [-0.05, 0) is 19.4 Å². The van der Waals surface area contributed by atoms with E-state index in [0.29, 0.717) is 11.7 Å². The molecule has 0 fully saturated rings. The third-order valence-electron chi connectivity index (χ3n) is 2.66. The minimum Gasteiger partial charge on any atom is -0.340 e. The molecule has 90 valence electrons. The van der Waals surface area contributed by atoms with Crippen molar-refractivity contribution in [1.82, 2.24) is 15.5 Å². The summed E-state index contributed by atoms with van der Waals surface area (Å²) >= 11 is 0. The maximum Gasteiger partial charge on any atom is 0.223 e. The molecule has 4 heteroatoms. The van der Waals surface area contributed by atoms with Crippen LogP contribution in [0.15, 0.2) is 34.9 Å². The van der Waals surface area contributed by atoms with Crippen LogP contribution in [-0.2, 0) is 12.1 Å². The van der Waals surface area contributed by atoms with Gasteiger partial charge in [-0.15, -0.1) is 0 Å². The standard InChI is InChI=1S/C13H17N3O/c1-10-15-12(16-17-10)13(2,3)14-9-11-7-5-4-6-8-11/h4-8,14H,9H2,1-3H3. The summed E-state index contributed by atoms with van der Waals surface area (Å²) in [6, 6.07) is 10.2. The SMILES string of the molecule is Cc1nc(C(C)(C)NCc2ccccc2)no1. The van der Waals surface area contributed by atoms with Gasteiger partial charge in [0.25, 0.3) is 0 Å². The minimum absolute atomic E-state index is 0.298. The van der Waals surface area contributed by atoms with Crippen LogP contribution in [0.25, 0.3) is 0 Å². The van der Waals surface area contributed by atoms with Crippen LogP contribution in [0.4, 0.5) is 0 Å². The number of nitrogens with zero attached hydrogens (tertiary/aromatic N) is 2. The first-order chi connectivity index (χ1) is 8.08. The van der Waals surface area contributed by atoms with E-state index < -0.39 is 0 Å². The van der Waals surface area contributed by atoms with Gasteiger partial charge in [-0.25, -0.2) is 0 Å². The first-order valence-corrected chi connectivity index (χ1v) is 5.68. The molecule has 2 rings (SSSR count).